The molecule has 3 heteroatoms. The van der Waals surface area contributed by atoms with Crippen molar-refractivity contribution < 1.29 is 14.2 Å². The van der Waals surface area contributed by atoms with Gasteiger partial charge in [0.25, 0.3) is 0 Å². The average Bonchev–Trinajstić information content (AvgIpc) is 3.12. The first kappa shape index (κ1) is 14.4. The summed E-state index contributed by atoms with van der Waals surface area (Å²) in [7, 11) is 0. The minimum Gasteiger partial charge on any atom is -0.325 e. The maximum Gasteiger partial charge on any atom is 0.127 e. The van der Waals surface area contributed by atoms with Gasteiger partial charge >= 0.3 is 0 Å². The molecule has 0 amide bonds. The molecule has 3 atom stereocenters. The van der Waals surface area contributed by atoms with Crippen molar-refractivity contribution in [2.45, 2.75) is 19.4 Å². The molecular formula is C19H27FN2+2. The maximum atomic E-state index is 13.3. The normalized spacial score (nSPS) is 36.9. The van der Waals surface area contributed by atoms with E-state index in [1.807, 2.05) is 6.07 Å². The number of fused-ring (bicyclic) bond motifs is 2. The van der Waals surface area contributed by atoms with Crippen LogP contribution in [0.15, 0.2) is 36.4 Å². The zero-order chi connectivity index (χ0) is 14.9. The Kier molecular flexibility index (Phi) is 4.01. The van der Waals surface area contributed by atoms with Crippen LogP contribution in [0.2, 0.25) is 0 Å². The zero-order valence-corrected chi connectivity index (χ0v) is 13.2. The maximum absolute atomic E-state index is 13.3. The molecule has 1 saturated heterocycles. The molecule has 2 fully saturated rings. The molecular weight excluding hydrogens is 275 g/mol. The van der Waals surface area contributed by atoms with Gasteiger partial charge in [-0.2, -0.15) is 0 Å². The number of hydrogen-bond donors (Lipinski definition) is 2. The van der Waals surface area contributed by atoms with E-state index in [-0.39, 0.29) is 5.82 Å². The first-order chi connectivity index (χ1) is 10.8. The fourth-order valence-corrected chi connectivity index (χ4v) is 4.77. The largest absolute Gasteiger partial charge is 0.325 e. The SMILES string of the molecule is Fc1cccc(C[NH+]2CC[NH+](C[C@H]3C[C@@H]4C=C[C@H]3C4)CC2)c1. The number of nitrogens with one attached hydrogen (secondary N) is 2. The Hall–Kier alpha value is -1.19. The topological polar surface area (TPSA) is 8.88 Å². The highest BCUT2D eigenvalue weighted by Crippen LogP contribution is 2.42. The van der Waals surface area contributed by atoms with Crippen molar-refractivity contribution in [1.29, 1.82) is 0 Å². The molecule has 2 aliphatic carbocycles. The number of quaternary nitrogens is 2. The lowest BCUT2D eigenvalue weighted by molar-refractivity contribution is -1.02. The van der Waals surface area contributed by atoms with Crippen LogP contribution in [0.25, 0.3) is 0 Å². The number of rotatable bonds is 4. The van der Waals surface area contributed by atoms with Gasteiger partial charge in [0.2, 0.25) is 0 Å². The Morgan fingerprint density at radius 2 is 1.82 bits per heavy atom. The third-order valence-electron chi connectivity index (χ3n) is 5.97. The quantitative estimate of drug-likeness (QED) is 0.742. The first-order valence-electron chi connectivity index (χ1n) is 8.86. The molecule has 3 aliphatic rings. The van der Waals surface area contributed by atoms with E-state index >= 15 is 0 Å². The van der Waals surface area contributed by atoms with Gasteiger partial charge in [-0.1, -0.05) is 24.3 Å². The third-order valence-corrected chi connectivity index (χ3v) is 5.97. The van der Waals surface area contributed by atoms with Crippen LogP contribution in [0.1, 0.15) is 18.4 Å². The molecule has 1 aromatic carbocycles. The summed E-state index contributed by atoms with van der Waals surface area (Å²) < 4.78 is 13.3. The molecule has 0 aromatic heterocycles. The van der Waals surface area contributed by atoms with E-state index < -0.39 is 0 Å². The molecule has 0 spiro atoms. The van der Waals surface area contributed by atoms with Crippen LogP contribution in [0, 0.1) is 23.6 Å². The monoisotopic (exact) mass is 302 g/mol. The molecule has 1 heterocycles. The minimum atomic E-state index is -0.106. The second-order valence-electron chi connectivity index (χ2n) is 7.55. The van der Waals surface area contributed by atoms with E-state index in [1.165, 1.54) is 51.6 Å². The van der Waals surface area contributed by atoms with Crippen LogP contribution >= 0.6 is 0 Å². The molecule has 118 valence electrons. The molecule has 2 N–H and O–H groups in total. The van der Waals surface area contributed by atoms with Crippen LogP contribution < -0.4 is 9.80 Å². The van der Waals surface area contributed by atoms with Crippen molar-refractivity contribution in [1.82, 2.24) is 0 Å². The summed E-state index contributed by atoms with van der Waals surface area (Å²) >= 11 is 0. The number of piperazine rings is 1. The molecule has 1 aliphatic heterocycles. The number of benzene rings is 1. The van der Waals surface area contributed by atoms with Crippen LogP contribution in [-0.2, 0) is 6.54 Å². The van der Waals surface area contributed by atoms with Crippen molar-refractivity contribution in [2.24, 2.45) is 17.8 Å². The summed E-state index contributed by atoms with van der Waals surface area (Å²) in [4.78, 5) is 3.41. The van der Waals surface area contributed by atoms with E-state index in [1.54, 1.807) is 15.9 Å². The highest BCUT2D eigenvalue weighted by atomic mass is 19.1. The predicted molar refractivity (Wildman–Crippen MR) is 85.2 cm³/mol. The van der Waals surface area contributed by atoms with E-state index in [0.29, 0.717) is 0 Å². The van der Waals surface area contributed by atoms with Gasteiger partial charge < -0.3 is 9.80 Å². The van der Waals surface area contributed by atoms with Crippen molar-refractivity contribution in [2.75, 3.05) is 32.7 Å². The number of allylic oxidation sites excluding steroid dienone is 2. The Balaban J connectivity index is 1.25. The van der Waals surface area contributed by atoms with Gasteiger partial charge in [-0.3, -0.25) is 0 Å². The lowest BCUT2D eigenvalue weighted by Gasteiger charge is -2.32. The smallest absolute Gasteiger partial charge is 0.127 e. The van der Waals surface area contributed by atoms with Crippen LogP contribution in [-0.4, -0.2) is 32.7 Å². The summed E-state index contributed by atoms with van der Waals surface area (Å²) in [6.07, 6.45) is 7.78. The Morgan fingerprint density at radius 1 is 1.00 bits per heavy atom. The third kappa shape index (κ3) is 3.11. The van der Waals surface area contributed by atoms with Gasteiger partial charge in [-0.25, -0.2) is 4.39 Å². The lowest BCUT2D eigenvalue weighted by atomic mass is 9.93. The number of halogens is 1. The predicted octanol–water partition coefficient (Wildman–Crippen LogP) is 0.321. The van der Waals surface area contributed by atoms with Crippen molar-refractivity contribution >= 4 is 0 Å². The first-order valence-corrected chi connectivity index (χ1v) is 8.86. The van der Waals surface area contributed by atoms with E-state index in [9.17, 15) is 4.39 Å². The van der Waals surface area contributed by atoms with Gasteiger partial charge in [0.15, 0.2) is 0 Å². The van der Waals surface area contributed by atoms with Gasteiger partial charge in [-0.15, -0.1) is 0 Å². The standard InChI is InChI=1S/C19H25FN2/c20-19-3-1-2-16(12-19)13-21-6-8-22(9-7-21)14-18-11-15-4-5-17(18)10-15/h1-5,12,15,17-18H,6-11,13-14H2/p+2/t15-,17+,18-/m1/s1. The molecule has 0 radical (unpaired) electrons. The van der Waals surface area contributed by atoms with Crippen LogP contribution in [0.5, 0.6) is 0 Å². The Bertz CT molecular complexity index is 548. The summed E-state index contributed by atoms with van der Waals surface area (Å²) in [6.45, 7) is 7.36. The second-order valence-corrected chi connectivity index (χ2v) is 7.55. The molecule has 1 saturated carbocycles. The van der Waals surface area contributed by atoms with E-state index in [2.05, 4.69) is 18.2 Å². The highest BCUT2D eigenvalue weighted by Gasteiger charge is 2.38. The Labute approximate surface area is 132 Å². The summed E-state index contributed by atoms with van der Waals surface area (Å²) in [5.74, 6) is 2.62. The molecule has 1 aromatic rings. The van der Waals surface area contributed by atoms with Gasteiger partial charge in [0, 0.05) is 11.5 Å². The summed E-state index contributed by atoms with van der Waals surface area (Å²) in [5.41, 5.74) is 1.14. The summed E-state index contributed by atoms with van der Waals surface area (Å²) in [6, 6.07) is 7.10. The Morgan fingerprint density at radius 3 is 2.50 bits per heavy atom. The molecule has 4 rings (SSSR count). The molecule has 2 bridgehead atoms. The molecule has 0 unspecified atom stereocenters. The van der Waals surface area contributed by atoms with Gasteiger partial charge in [-0.05, 0) is 36.8 Å². The van der Waals surface area contributed by atoms with Gasteiger partial charge in [0.1, 0.15) is 38.5 Å². The minimum absolute atomic E-state index is 0.106. The van der Waals surface area contributed by atoms with Crippen LogP contribution in [0.3, 0.4) is 0 Å². The average molecular weight is 302 g/mol. The van der Waals surface area contributed by atoms with Gasteiger partial charge in [0.05, 0.1) is 6.54 Å². The van der Waals surface area contributed by atoms with Crippen molar-refractivity contribution in [3.63, 3.8) is 0 Å². The highest BCUT2D eigenvalue weighted by molar-refractivity contribution is 5.15. The molecule has 22 heavy (non-hydrogen) atoms. The zero-order valence-electron chi connectivity index (χ0n) is 13.2. The molecule has 2 nitrogen and oxygen atoms in total. The van der Waals surface area contributed by atoms with Crippen molar-refractivity contribution in [3.05, 3.63) is 47.8 Å². The second kappa shape index (κ2) is 6.13. The lowest BCUT2D eigenvalue weighted by Crippen LogP contribution is -3.27. The fourth-order valence-electron chi connectivity index (χ4n) is 4.77. The van der Waals surface area contributed by atoms with E-state index in [4.69, 9.17) is 0 Å². The fraction of sp³-hybridized carbons (Fsp3) is 0.579. The van der Waals surface area contributed by atoms with Crippen LogP contribution in [0.4, 0.5) is 4.39 Å². The van der Waals surface area contributed by atoms with Crippen molar-refractivity contribution in [3.8, 4) is 0 Å². The summed E-state index contributed by atoms with van der Waals surface area (Å²) in [5, 5.41) is 0. The van der Waals surface area contributed by atoms with E-state index in [0.717, 1.165) is 29.9 Å². The number of hydrogen-bond acceptors (Lipinski definition) is 0.